The SMILES string of the molecule is CC(C)(C)C(NC(=O)COc1ccc(Br)cc1)C(=O)O. The third-order valence-electron chi connectivity index (χ3n) is 2.60. The minimum absolute atomic E-state index is 0.221. The molecule has 0 spiro atoms. The molecule has 0 aliphatic rings. The predicted molar refractivity (Wildman–Crippen MR) is 78.7 cm³/mol. The van der Waals surface area contributed by atoms with Gasteiger partial charge in [-0.15, -0.1) is 0 Å². The molecule has 0 aliphatic heterocycles. The molecule has 1 amide bonds. The average Bonchev–Trinajstić information content (AvgIpc) is 2.33. The Bertz CT molecular complexity index is 479. The molecule has 0 saturated heterocycles. The van der Waals surface area contributed by atoms with Crippen LogP contribution in [-0.2, 0) is 9.59 Å². The van der Waals surface area contributed by atoms with Crippen LogP contribution in [0.2, 0.25) is 0 Å². The van der Waals surface area contributed by atoms with Crippen molar-refractivity contribution in [1.29, 1.82) is 0 Å². The van der Waals surface area contributed by atoms with Crippen LogP contribution in [0.1, 0.15) is 20.8 Å². The third kappa shape index (κ3) is 5.21. The molecule has 0 aliphatic carbocycles. The highest BCUT2D eigenvalue weighted by Crippen LogP contribution is 2.19. The van der Waals surface area contributed by atoms with Gasteiger partial charge in [-0.25, -0.2) is 4.79 Å². The minimum Gasteiger partial charge on any atom is -0.484 e. The van der Waals surface area contributed by atoms with Crippen molar-refractivity contribution in [1.82, 2.24) is 5.32 Å². The van der Waals surface area contributed by atoms with E-state index in [0.29, 0.717) is 5.75 Å². The summed E-state index contributed by atoms with van der Waals surface area (Å²) in [7, 11) is 0. The molecule has 0 aromatic heterocycles. The van der Waals surface area contributed by atoms with Crippen molar-refractivity contribution in [3.8, 4) is 5.75 Å². The maximum atomic E-state index is 11.7. The Kier molecular flexibility index (Phi) is 5.56. The fraction of sp³-hybridized carbons (Fsp3) is 0.429. The van der Waals surface area contributed by atoms with Crippen molar-refractivity contribution in [2.45, 2.75) is 26.8 Å². The van der Waals surface area contributed by atoms with Gasteiger partial charge < -0.3 is 15.2 Å². The van der Waals surface area contributed by atoms with Crippen LogP contribution in [-0.4, -0.2) is 29.6 Å². The van der Waals surface area contributed by atoms with Crippen LogP contribution in [0.15, 0.2) is 28.7 Å². The lowest BCUT2D eigenvalue weighted by Crippen LogP contribution is -2.50. The lowest BCUT2D eigenvalue weighted by molar-refractivity contribution is -0.145. The quantitative estimate of drug-likeness (QED) is 0.860. The summed E-state index contributed by atoms with van der Waals surface area (Å²) < 4.78 is 6.20. The second-order valence-electron chi connectivity index (χ2n) is 5.45. The molecule has 110 valence electrons. The molecule has 0 bridgehead atoms. The van der Waals surface area contributed by atoms with E-state index in [9.17, 15) is 9.59 Å². The highest BCUT2D eigenvalue weighted by molar-refractivity contribution is 9.10. The molecule has 0 radical (unpaired) electrons. The van der Waals surface area contributed by atoms with Crippen LogP contribution in [0.25, 0.3) is 0 Å². The first-order valence-corrected chi connectivity index (χ1v) is 6.90. The van der Waals surface area contributed by atoms with E-state index in [2.05, 4.69) is 21.2 Å². The number of carbonyl (C=O) groups excluding carboxylic acids is 1. The number of ether oxygens (including phenoxy) is 1. The number of hydrogen-bond donors (Lipinski definition) is 2. The average molecular weight is 344 g/mol. The summed E-state index contributed by atoms with van der Waals surface area (Å²) in [6, 6.07) is 6.07. The number of nitrogens with one attached hydrogen (secondary N) is 1. The first-order valence-electron chi connectivity index (χ1n) is 6.10. The molecule has 1 aromatic rings. The monoisotopic (exact) mass is 343 g/mol. The second kappa shape index (κ2) is 6.74. The maximum Gasteiger partial charge on any atom is 0.326 e. The second-order valence-corrected chi connectivity index (χ2v) is 6.36. The first-order chi connectivity index (χ1) is 9.20. The fourth-order valence-electron chi connectivity index (χ4n) is 1.53. The van der Waals surface area contributed by atoms with Gasteiger partial charge in [0.25, 0.3) is 5.91 Å². The third-order valence-corrected chi connectivity index (χ3v) is 3.13. The summed E-state index contributed by atoms with van der Waals surface area (Å²) in [6.45, 7) is 5.03. The van der Waals surface area contributed by atoms with Crippen molar-refractivity contribution in [2.24, 2.45) is 5.41 Å². The molecule has 1 unspecified atom stereocenters. The molecule has 6 heteroatoms. The molecule has 1 aromatic carbocycles. The highest BCUT2D eigenvalue weighted by Gasteiger charge is 2.32. The standard InChI is InChI=1S/C14H18BrNO4/c1-14(2,3)12(13(18)19)16-11(17)8-20-10-6-4-9(15)5-7-10/h4-7,12H,8H2,1-3H3,(H,16,17)(H,18,19). The smallest absolute Gasteiger partial charge is 0.326 e. The van der Waals surface area contributed by atoms with Gasteiger partial charge in [0.1, 0.15) is 11.8 Å². The number of carbonyl (C=O) groups is 2. The summed E-state index contributed by atoms with van der Waals surface area (Å²) in [5.74, 6) is -0.976. The van der Waals surface area contributed by atoms with Crippen molar-refractivity contribution >= 4 is 27.8 Å². The Morgan fingerprint density at radius 1 is 1.30 bits per heavy atom. The van der Waals surface area contributed by atoms with E-state index < -0.39 is 23.3 Å². The van der Waals surface area contributed by atoms with E-state index in [-0.39, 0.29) is 6.61 Å². The number of hydrogen-bond acceptors (Lipinski definition) is 3. The van der Waals surface area contributed by atoms with Crippen molar-refractivity contribution in [3.63, 3.8) is 0 Å². The minimum atomic E-state index is -1.06. The van der Waals surface area contributed by atoms with Crippen LogP contribution in [0.4, 0.5) is 0 Å². The van der Waals surface area contributed by atoms with E-state index in [0.717, 1.165) is 4.47 Å². The van der Waals surface area contributed by atoms with Crippen LogP contribution in [0.3, 0.4) is 0 Å². The van der Waals surface area contributed by atoms with Crippen LogP contribution >= 0.6 is 15.9 Å². The Hall–Kier alpha value is -1.56. The Labute approximate surface area is 126 Å². The van der Waals surface area contributed by atoms with E-state index in [1.54, 1.807) is 45.0 Å². The van der Waals surface area contributed by atoms with Gasteiger partial charge in [0.15, 0.2) is 6.61 Å². The fourth-order valence-corrected chi connectivity index (χ4v) is 1.80. The number of benzene rings is 1. The number of amides is 1. The van der Waals surface area contributed by atoms with Crippen molar-refractivity contribution in [3.05, 3.63) is 28.7 Å². The first kappa shape index (κ1) is 16.5. The van der Waals surface area contributed by atoms with E-state index >= 15 is 0 Å². The van der Waals surface area contributed by atoms with Gasteiger partial charge in [0, 0.05) is 4.47 Å². The molecule has 0 fully saturated rings. The molecular weight excluding hydrogens is 326 g/mol. The van der Waals surface area contributed by atoms with E-state index in [1.165, 1.54) is 0 Å². The molecule has 1 rings (SSSR count). The zero-order valence-electron chi connectivity index (χ0n) is 11.6. The van der Waals surface area contributed by atoms with Crippen LogP contribution < -0.4 is 10.1 Å². The summed E-state index contributed by atoms with van der Waals surface area (Å²) in [5.41, 5.74) is -0.570. The van der Waals surface area contributed by atoms with Gasteiger partial charge in [-0.1, -0.05) is 36.7 Å². The van der Waals surface area contributed by atoms with Gasteiger partial charge in [0.2, 0.25) is 0 Å². The van der Waals surface area contributed by atoms with Crippen LogP contribution in [0, 0.1) is 5.41 Å². The highest BCUT2D eigenvalue weighted by atomic mass is 79.9. The molecular formula is C14H18BrNO4. The van der Waals surface area contributed by atoms with Gasteiger partial charge in [0.05, 0.1) is 0 Å². The number of aliphatic carboxylic acids is 1. The summed E-state index contributed by atoms with van der Waals surface area (Å²) >= 11 is 3.30. The summed E-state index contributed by atoms with van der Waals surface area (Å²) in [5, 5.41) is 11.6. The zero-order valence-corrected chi connectivity index (χ0v) is 13.2. The van der Waals surface area contributed by atoms with Gasteiger partial charge >= 0.3 is 5.97 Å². The molecule has 5 nitrogen and oxygen atoms in total. The number of carboxylic acid groups (broad SMARTS) is 1. The number of halogens is 1. The summed E-state index contributed by atoms with van der Waals surface area (Å²) in [4.78, 5) is 22.9. The van der Waals surface area contributed by atoms with Crippen molar-refractivity contribution in [2.75, 3.05) is 6.61 Å². The van der Waals surface area contributed by atoms with Crippen LogP contribution in [0.5, 0.6) is 5.75 Å². The largest absolute Gasteiger partial charge is 0.484 e. The van der Waals surface area contributed by atoms with Gasteiger partial charge in [-0.2, -0.15) is 0 Å². The number of rotatable bonds is 5. The van der Waals surface area contributed by atoms with Gasteiger partial charge in [-0.05, 0) is 29.7 Å². The topological polar surface area (TPSA) is 75.6 Å². The van der Waals surface area contributed by atoms with E-state index in [1.807, 2.05) is 0 Å². The molecule has 0 heterocycles. The Morgan fingerprint density at radius 2 is 1.85 bits per heavy atom. The molecule has 1 atom stereocenters. The van der Waals surface area contributed by atoms with Gasteiger partial charge in [-0.3, -0.25) is 4.79 Å². The predicted octanol–water partition coefficient (Wildman–Crippen LogP) is 2.44. The Morgan fingerprint density at radius 3 is 2.30 bits per heavy atom. The summed E-state index contributed by atoms with van der Waals surface area (Å²) in [6.07, 6.45) is 0. The zero-order chi connectivity index (χ0) is 15.3. The number of carboxylic acids is 1. The Balaban J connectivity index is 2.54. The lowest BCUT2D eigenvalue weighted by Gasteiger charge is -2.27. The van der Waals surface area contributed by atoms with E-state index in [4.69, 9.17) is 9.84 Å². The maximum absolute atomic E-state index is 11.7. The molecule has 2 N–H and O–H groups in total. The lowest BCUT2D eigenvalue weighted by atomic mass is 9.87. The molecule has 0 saturated carbocycles. The van der Waals surface area contributed by atoms with Crippen molar-refractivity contribution < 1.29 is 19.4 Å². The molecule has 20 heavy (non-hydrogen) atoms. The normalized spacial score (nSPS) is 12.6.